The third kappa shape index (κ3) is 2.64. The van der Waals surface area contributed by atoms with E-state index in [-0.39, 0.29) is 0 Å². The molecule has 78 valence electrons. The van der Waals surface area contributed by atoms with Crippen molar-refractivity contribution in [3.8, 4) is 0 Å². The van der Waals surface area contributed by atoms with Gasteiger partial charge in [0.05, 0.1) is 11.4 Å². The minimum absolute atomic E-state index is 0.583. The van der Waals surface area contributed by atoms with Crippen molar-refractivity contribution in [2.75, 3.05) is 17.3 Å². The summed E-state index contributed by atoms with van der Waals surface area (Å²) >= 11 is 0. The molecular weight excluding hydrogens is 174 g/mol. The average Bonchev–Trinajstić information content (AvgIpc) is 2.18. The van der Waals surface area contributed by atoms with E-state index in [0.717, 1.165) is 24.3 Å². The first-order chi connectivity index (χ1) is 6.65. The number of nitrogens with two attached hydrogens (primary N) is 2. The van der Waals surface area contributed by atoms with Gasteiger partial charge >= 0.3 is 0 Å². The van der Waals surface area contributed by atoms with Crippen molar-refractivity contribution >= 4 is 11.4 Å². The highest BCUT2D eigenvalue weighted by Crippen LogP contribution is 2.20. The molecule has 4 N–H and O–H groups in total. The lowest BCUT2D eigenvalue weighted by molar-refractivity contribution is 0.549. The summed E-state index contributed by atoms with van der Waals surface area (Å²) < 4.78 is 0. The average molecular weight is 193 g/mol. The molecule has 0 heterocycles. The second-order valence-electron chi connectivity index (χ2n) is 3.72. The zero-order valence-electron chi connectivity index (χ0n) is 8.90. The fourth-order valence-corrected chi connectivity index (χ4v) is 1.31. The molecule has 0 saturated heterocycles. The molecule has 0 spiro atoms. The smallest absolute Gasteiger partial charge is 0.0746 e. The molecule has 0 aliphatic rings. The van der Waals surface area contributed by atoms with Gasteiger partial charge in [-0.15, -0.1) is 0 Å². The van der Waals surface area contributed by atoms with E-state index < -0.39 is 0 Å². The Kier molecular flexibility index (Phi) is 3.77. The van der Waals surface area contributed by atoms with Gasteiger partial charge in [0, 0.05) is 6.54 Å². The Bertz CT molecular complexity index is 286. The number of rotatable bonds is 4. The van der Waals surface area contributed by atoms with Crippen molar-refractivity contribution in [2.45, 2.75) is 20.3 Å². The number of hydrogen-bond acceptors (Lipinski definition) is 3. The molecule has 1 aromatic carbocycles. The van der Waals surface area contributed by atoms with Crippen LogP contribution in [0.4, 0.5) is 11.4 Å². The van der Waals surface area contributed by atoms with E-state index in [2.05, 4.69) is 13.8 Å². The van der Waals surface area contributed by atoms with E-state index in [1.54, 1.807) is 5.01 Å². The van der Waals surface area contributed by atoms with E-state index in [1.807, 2.05) is 24.3 Å². The van der Waals surface area contributed by atoms with Crippen molar-refractivity contribution < 1.29 is 0 Å². The second kappa shape index (κ2) is 4.86. The van der Waals surface area contributed by atoms with E-state index in [1.165, 1.54) is 0 Å². The molecule has 1 rings (SSSR count). The van der Waals surface area contributed by atoms with Crippen LogP contribution in [0.5, 0.6) is 0 Å². The first-order valence-corrected chi connectivity index (χ1v) is 5.02. The molecule has 0 aromatic heterocycles. The maximum absolute atomic E-state index is 5.93. The Balaban J connectivity index is 2.69. The fraction of sp³-hybridized carbons (Fsp3) is 0.455. The van der Waals surface area contributed by atoms with Crippen LogP contribution in [-0.2, 0) is 0 Å². The van der Waals surface area contributed by atoms with Gasteiger partial charge in [-0.05, 0) is 18.1 Å². The van der Waals surface area contributed by atoms with Gasteiger partial charge in [-0.1, -0.05) is 32.4 Å². The molecule has 0 fully saturated rings. The molecule has 1 unspecified atom stereocenters. The van der Waals surface area contributed by atoms with Crippen LogP contribution in [0.1, 0.15) is 20.3 Å². The number of hydrazine groups is 1. The third-order valence-corrected chi connectivity index (χ3v) is 2.45. The van der Waals surface area contributed by atoms with Crippen LogP contribution in [0, 0.1) is 5.92 Å². The lowest BCUT2D eigenvalue weighted by Gasteiger charge is -2.23. The minimum Gasteiger partial charge on any atom is -0.397 e. The molecule has 3 heteroatoms. The van der Waals surface area contributed by atoms with Gasteiger partial charge < -0.3 is 10.7 Å². The number of hydrogen-bond donors (Lipinski definition) is 2. The summed E-state index contributed by atoms with van der Waals surface area (Å²) in [5, 5.41) is 1.73. The molecule has 0 bridgehead atoms. The van der Waals surface area contributed by atoms with Crippen molar-refractivity contribution in [2.24, 2.45) is 11.8 Å². The summed E-state index contributed by atoms with van der Waals surface area (Å²) in [6.45, 7) is 5.18. The fourth-order valence-electron chi connectivity index (χ4n) is 1.31. The van der Waals surface area contributed by atoms with Gasteiger partial charge in [0.25, 0.3) is 0 Å². The minimum atomic E-state index is 0.583. The van der Waals surface area contributed by atoms with E-state index in [0.29, 0.717) is 5.92 Å². The van der Waals surface area contributed by atoms with E-state index >= 15 is 0 Å². The molecule has 0 radical (unpaired) electrons. The monoisotopic (exact) mass is 193 g/mol. The lowest BCUT2D eigenvalue weighted by atomic mass is 10.1. The summed E-state index contributed by atoms with van der Waals surface area (Å²) in [6.07, 6.45) is 1.13. The van der Waals surface area contributed by atoms with Crippen molar-refractivity contribution in [1.29, 1.82) is 0 Å². The van der Waals surface area contributed by atoms with Gasteiger partial charge in [-0.25, -0.2) is 5.84 Å². The van der Waals surface area contributed by atoms with Crippen LogP contribution in [-0.4, -0.2) is 6.54 Å². The number of nitrogens with zero attached hydrogens (tertiary/aromatic N) is 1. The predicted octanol–water partition coefficient (Wildman–Crippen LogP) is 2.00. The van der Waals surface area contributed by atoms with Crippen LogP contribution in [0.3, 0.4) is 0 Å². The number of para-hydroxylation sites is 2. The van der Waals surface area contributed by atoms with Crippen LogP contribution in [0.15, 0.2) is 24.3 Å². The summed E-state index contributed by atoms with van der Waals surface area (Å²) in [7, 11) is 0. The van der Waals surface area contributed by atoms with Gasteiger partial charge in [0.1, 0.15) is 0 Å². The Morgan fingerprint density at radius 1 is 1.36 bits per heavy atom. The molecule has 0 saturated carbocycles. The Morgan fingerprint density at radius 3 is 2.57 bits per heavy atom. The zero-order valence-corrected chi connectivity index (χ0v) is 8.90. The molecule has 3 nitrogen and oxygen atoms in total. The van der Waals surface area contributed by atoms with Crippen LogP contribution >= 0.6 is 0 Å². The number of nitrogen functional groups attached to an aromatic ring is 1. The second-order valence-corrected chi connectivity index (χ2v) is 3.72. The van der Waals surface area contributed by atoms with Crippen LogP contribution < -0.4 is 16.6 Å². The number of anilines is 2. The van der Waals surface area contributed by atoms with Crippen LogP contribution in [0.25, 0.3) is 0 Å². The third-order valence-electron chi connectivity index (χ3n) is 2.45. The van der Waals surface area contributed by atoms with Crippen molar-refractivity contribution in [3.05, 3.63) is 24.3 Å². The molecule has 0 amide bonds. The first kappa shape index (κ1) is 10.9. The van der Waals surface area contributed by atoms with Crippen molar-refractivity contribution in [1.82, 2.24) is 0 Å². The SMILES string of the molecule is CCC(C)CN(N)c1ccccc1N. The van der Waals surface area contributed by atoms with Gasteiger partial charge in [-0.3, -0.25) is 0 Å². The van der Waals surface area contributed by atoms with E-state index in [4.69, 9.17) is 11.6 Å². The van der Waals surface area contributed by atoms with Crippen LogP contribution in [0.2, 0.25) is 0 Å². The quantitative estimate of drug-likeness (QED) is 0.437. The lowest BCUT2D eigenvalue weighted by Crippen LogP contribution is -2.35. The van der Waals surface area contributed by atoms with Gasteiger partial charge in [0.2, 0.25) is 0 Å². The van der Waals surface area contributed by atoms with Gasteiger partial charge in [0.15, 0.2) is 0 Å². The standard InChI is InChI=1S/C11H19N3/c1-3-9(2)8-14(13)11-7-5-4-6-10(11)12/h4-7,9H,3,8,12-13H2,1-2H3. The highest BCUT2D eigenvalue weighted by atomic mass is 15.4. The largest absolute Gasteiger partial charge is 0.397 e. The normalized spacial score (nSPS) is 12.5. The van der Waals surface area contributed by atoms with Crippen molar-refractivity contribution in [3.63, 3.8) is 0 Å². The summed E-state index contributed by atoms with van der Waals surface area (Å²) in [5.41, 5.74) is 7.46. The predicted molar refractivity (Wildman–Crippen MR) is 61.8 cm³/mol. The molecule has 0 aliphatic carbocycles. The molecule has 1 aromatic rings. The maximum atomic E-state index is 5.93. The first-order valence-electron chi connectivity index (χ1n) is 5.02. The summed E-state index contributed by atoms with van der Waals surface area (Å²) in [4.78, 5) is 0. The molecular formula is C11H19N3. The summed E-state index contributed by atoms with van der Waals surface area (Å²) in [5.74, 6) is 6.51. The Labute approximate surface area is 85.7 Å². The molecule has 0 aliphatic heterocycles. The van der Waals surface area contributed by atoms with E-state index in [9.17, 15) is 0 Å². The highest BCUT2D eigenvalue weighted by molar-refractivity contribution is 5.66. The maximum Gasteiger partial charge on any atom is 0.0746 e. The zero-order chi connectivity index (χ0) is 10.6. The topological polar surface area (TPSA) is 55.3 Å². The Morgan fingerprint density at radius 2 is 2.00 bits per heavy atom. The molecule has 1 atom stereocenters. The highest BCUT2D eigenvalue weighted by Gasteiger charge is 2.07. The summed E-state index contributed by atoms with van der Waals surface area (Å²) in [6, 6.07) is 7.67. The molecule has 14 heavy (non-hydrogen) atoms. The van der Waals surface area contributed by atoms with Gasteiger partial charge in [-0.2, -0.15) is 0 Å². The Hall–Kier alpha value is -1.22. The number of benzene rings is 1.